The van der Waals surface area contributed by atoms with E-state index in [9.17, 15) is 10.1 Å². The van der Waals surface area contributed by atoms with Gasteiger partial charge in [-0.2, -0.15) is 5.26 Å². The molecule has 0 unspecified atom stereocenters. The molecule has 0 saturated carbocycles. The number of ether oxygens (including phenoxy) is 1. The van der Waals surface area contributed by atoms with E-state index in [0.29, 0.717) is 23.0 Å². The van der Waals surface area contributed by atoms with Gasteiger partial charge in [0.2, 0.25) is 5.88 Å². The summed E-state index contributed by atoms with van der Waals surface area (Å²) < 4.78 is 12.7. The van der Waals surface area contributed by atoms with Gasteiger partial charge in [-0.3, -0.25) is 4.57 Å². The monoisotopic (exact) mass is 372 g/mol. The van der Waals surface area contributed by atoms with E-state index in [4.69, 9.17) is 9.15 Å². The number of carbonyl (C=O) groups is 1. The van der Waals surface area contributed by atoms with Crippen molar-refractivity contribution in [2.24, 2.45) is 0 Å². The number of nitriles is 1. The Hall–Kier alpha value is -3.92. The fraction of sp³-hybridized carbons (Fsp3) is 0.143. The lowest BCUT2D eigenvalue weighted by atomic mass is 10.1. The van der Waals surface area contributed by atoms with Gasteiger partial charge >= 0.3 is 5.97 Å². The summed E-state index contributed by atoms with van der Waals surface area (Å²) in [5.41, 5.74) is 3.02. The Morgan fingerprint density at radius 1 is 1.14 bits per heavy atom. The van der Waals surface area contributed by atoms with E-state index in [-0.39, 0.29) is 17.7 Å². The minimum Gasteiger partial charge on any atom is -0.455 e. The van der Waals surface area contributed by atoms with Gasteiger partial charge in [-0.05, 0) is 38.1 Å². The second kappa shape index (κ2) is 7.00. The molecule has 7 nitrogen and oxygen atoms in total. The Balaban J connectivity index is 1.61. The second-order valence-electron chi connectivity index (χ2n) is 6.24. The molecule has 0 atom stereocenters. The van der Waals surface area contributed by atoms with Gasteiger partial charge in [0, 0.05) is 12.4 Å². The van der Waals surface area contributed by atoms with Crippen molar-refractivity contribution in [3.8, 4) is 12.0 Å². The summed E-state index contributed by atoms with van der Waals surface area (Å²) in [6.07, 6.45) is 3.48. The predicted molar refractivity (Wildman–Crippen MR) is 101 cm³/mol. The number of hydrogen-bond donors (Lipinski definition) is 0. The van der Waals surface area contributed by atoms with Crippen LogP contribution in [0.25, 0.3) is 16.9 Å². The van der Waals surface area contributed by atoms with Gasteiger partial charge in [0.05, 0.1) is 22.4 Å². The van der Waals surface area contributed by atoms with Crippen LogP contribution in [0.2, 0.25) is 0 Å². The smallest absolute Gasteiger partial charge is 0.343 e. The van der Waals surface area contributed by atoms with Crippen LogP contribution in [-0.2, 0) is 11.3 Å². The number of para-hydroxylation sites is 2. The number of nitrogens with zero attached hydrogens (tertiary/aromatic N) is 4. The van der Waals surface area contributed by atoms with E-state index >= 15 is 0 Å². The first-order chi connectivity index (χ1) is 13.6. The summed E-state index contributed by atoms with van der Waals surface area (Å²) in [4.78, 5) is 21.7. The van der Waals surface area contributed by atoms with Crippen molar-refractivity contribution in [2.45, 2.75) is 20.5 Å². The molecular weight excluding hydrogens is 356 g/mol. The fourth-order valence-electron chi connectivity index (χ4n) is 3.00. The first-order valence-electron chi connectivity index (χ1n) is 8.64. The summed E-state index contributed by atoms with van der Waals surface area (Å²) >= 11 is 0. The third-order valence-electron chi connectivity index (χ3n) is 4.40. The number of hydrogen-bond acceptors (Lipinski definition) is 6. The molecule has 3 aromatic heterocycles. The number of aromatic nitrogens is 3. The number of furan rings is 1. The maximum atomic E-state index is 12.7. The quantitative estimate of drug-likeness (QED) is 0.505. The fourth-order valence-corrected chi connectivity index (χ4v) is 3.00. The summed E-state index contributed by atoms with van der Waals surface area (Å²) in [7, 11) is 0. The van der Waals surface area contributed by atoms with Gasteiger partial charge in [-0.15, -0.1) is 0 Å². The number of esters is 1. The average Bonchev–Trinajstić information content (AvgIpc) is 3.33. The molecule has 138 valence electrons. The van der Waals surface area contributed by atoms with Gasteiger partial charge in [0.15, 0.2) is 0 Å². The van der Waals surface area contributed by atoms with E-state index in [2.05, 4.69) is 9.97 Å². The Kier molecular flexibility index (Phi) is 4.38. The lowest BCUT2D eigenvalue weighted by Gasteiger charge is -2.08. The molecular formula is C21H16N4O3. The summed E-state index contributed by atoms with van der Waals surface area (Å²) in [5.74, 6) is -0.0178. The highest BCUT2D eigenvalue weighted by molar-refractivity contribution is 5.94. The van der Waals surface area contributed by atoms with Crippen LogP contribution in [0, 0.1) is 25.2 Å². The van der Waals surface area contributed by atoms with E-state index in [1.54, 1.807) is 36.0 Å². The maximum Gasteiger partial charge on any atom is 0.343 e. The second-order valence-corrected chi connectivity index (χ2v) is 6.24. The molecule has 0 aliphatic carbocycles. The Morgan fingerprint density at radius 2 is 1.82 bits per heavy atom. The summed E-state index contributed by atoms with van der Waals surface area (Å²) in [6.45, 7) is 3.40. The minimum absolute atomic E-state index is 0.0448. The first kappa shape index (κ1) is 17.5. The van der Waals surface area contributed by atoms with Crippen LogP contribution in [0.15, 0.2) is 53.2 Å². The highest BCUT2D eigenvalue weighted by Crippen LogP contribution is 2.26. The zero-order valence-corrected chi connectivity index (χ0v) is 15.3. The maximum absolute atomic E-state index is 12.7. The van der Waals surface area contributed by atoms with Crippen LogP contribution >= 0.6 is 0 Å². The molecule has 7 heteroatoms. The molecule has 4 rings (SSSR count). The molecule has 4 aromatic rings. The Labute approximate surface area is 160 Å². The zero-order chi connectivity index (χ0) is 19.7. The van der Waals surface area contributed by atoms with Gasteiger partial charge < -0.3 is 9.15 Å². The van der Waals surface area contributed by atoms with E-state index < -0.39 is 5.97 Å². The van der Waals surface area contributed by atoms with Gasteiger partial charge in [-0.1, -0.05) is 12.1 Å². The van der Waals surface area contributed by atoms with Gasteiger partial charge in [-0.25, -0.2) is 14.8 Å². The van der Waals surface area contributed by atoms with E-state index in [1.807, 2.05) is 37.3 Å². The van der Waals surface area contributed by atoms with Crippen molar-refractivity contribution < 1.29 is 13.9 Å². The normalized spacial score (nSPS) is 10.8. The molecule has 0 saturated heterocycles. The molecule has 1 aromatic carbocycles. The molecule has 0 spiro atoms. The van der Waals surface area contributed by atoms with Crippen molar-refractivity contribution in [1.29, 1.82) is 5.26 Å². The zero-order valence-electron chi connectivity index (χ0n) is 15.3. The van der Waals surface area contributed by atoms with Crippen LogP contribution in [0.1, 0.15) is 33.1 Å². The molecule has 3 heterocycles. The number of benzene rings is 1. The van der Waals surface area contributed by atoms with Gasteiger partial charge in [0.1, 0.15) is 29.6 Å². The lowest BCUT2D eigenvalue weighted by Crippen LogP contribution is -2.10. The number of carbonyl (C=O) groups excluding carboxylic acids is 1. The van der Waals surface area contributed by atoms with E-state index in [0.717, 1.165) is 11.0 Å². The molecule has 0 fully saturated rings. The predicted octanol–water partition coefficient (Wildman–Crippen LogP) is 3.86. The molecule has 0 radical (unpaired) electrons. The van der Waals surface area contributed by atoms with Crippen LogP contribution in [0.3, 0.4) is 0 Å². The molecule has 0 N–H and O–H groups in total. The molecule has 0 aliphatic rings. The average molecular weight is 372 g/mol. The minimum atomic E-state index is -0.634. The SMILES string of the molecule is Cc1nc2ccccc2nc1COC(=O)c1c(C)oc(-n2cccc2)c1C#N. The number of rotatable bonds is 4. The van der Waals surface area contributed by atoms with Crippen molar-refractivity contribution in [3.63, 3.8) is 0 Å². The Morgan fingerprint density at radius 3 is 2.50 bits per heavy atom. The van der Waals surface area contributed by atoms with Crippen molar-refractivity contribution in [3.05, 3.63) is 77.1 Å². The third kappa shape index (κ3) is 3.01. The standard InChI is InChI=1S/C21H16N4O3/c1-13-18(24-17-8-4-3-7-16(17)23-13)12-27-21(26)19-14(2)28-20(15(19)11-22)25-9-5-6-10-25/h3-10H,12H2,1-2H3. The lowest BCUT2D eigenvalue weighted by molar-refractivity contribution is 0.0464. The molecule has 28 heavy (non-hydrogen) atoms. The highest BCUT2D eigenvalue weighted by Gasteiger charge is 2.26. The van der Waals surface area contributed by atoms with Crippen molar-refractivity contribution >= 4 is 17.0 Å². The molecule has 0 amide bonds. The third-order valence-corrected chi connectivity index (χ3v) is 4.40. The first-order valence-corrected chi connectivity index (χ1v) is 8.64. The van der Waals surface area contributed by atoms with Crippen molar-refractivity contribution in [1.82, 2.24) is 14.5 Å². The van der Waals surface area contributed by atoms with Crippen LogP contribution in [0.4, 0.5) is 0 Å². The number of aryl methyl sites for hydroxylation is 2. The molecule has 0 aliphatic heterocycles. The van der Waals surface area contributed by atoms with Crippen LogP contribution in [-0.4, -0.2) is 20.5 Å². The largest absolute Gasteiger partial charge is 0.455 e. The highest BCUT2D eigenvalue weighted by atomic mass is 16.5. The number of fused-ring (bicyclic) bond motifs is 1. The van der Waals surface area contributed by atoms with Crippen LogP contribution < -0.4 is 0 Å². The Bertz CT molecular complexity index is 1220. The topological polar surface area (TPSA) is 93.9 Å². The summed E-state index contributed by atoms with van der Waals surface area (Å²) in [6, 6.07) is 13.1. The van der Waals surface area contributed by atoms with Crippen LogP contribution in [0.5, 0.6) is 0 Å². The van der Waals surface area contributed by atoms with Crippen molar-refractivity contribution in [2.75, 3.05) is 0 Å². The summed E-state index contributed by atoms with van der Waals surface area (Å²) in [5, 5.41) is 9.55. The van der Waals surface area contributed by atoms with Gasteiger partial charge in [0.25, 0.3) is 0 Å². The molecule has 0 bridgehead atoms. The van der Waals surface area contributed by atoms with E-state index in [1.165, 1.54) is 0 Å².